The number of hydrogen-bond acceptors (Lipinski definition) is 6. The first-order chi connectivity index (χ1) is 18.9. The molecule has 0 spiro atoms. The van der Waals surface area contributed by atoms with Crippen molar-refractivity contribution in [1.82, 2.24) is 20.9 Å². The molecule has 2 rings (SSSR count). The molecule has 0 aromatic heterocycles. The van der Waals surface area contributed by atoms with Crippen molar-refractivity contribution in [2.45, 2.75) is 112 Å². The quantitative estimate of drug-likeness (QED) is 0.245. The summed E-state index contributed by atoms with van der Waals surface area (Å²) in [5, 5.41) is 8.27. The zero-order valence-corrected chi connectivity index (χ0v) is 26.2. The molecule has 2 fully saturated rings. The number of ketones is 2. The van der Waals surface area contributed by atoms with Gasteiger partial charge in [-0.15, -0.1) is 0 Å². The van der Waals surface area contributed by atoms with E-state index in [0.717, 1.165) is 12.8 Å². The zero-order chi connectivity index (χ0) is 31.4. The van der Waals surface area contributed by atoms with Crippen molar-refractivity contribution in [3.63, 3.8) is 0 Å². The highest BCUT2D eigenvalue weighted by atomic mass is 16.2. The van der Waals surface area contributed by atoms with E-state index >= 15 is 0 Å². The summed E-state index contributed by atoms with van der Waals surface area (Å²) in [5.41, 5.74) is 4.54. The number of nitrogens with one attached hydrogen (secondary N) is 3. The van der Waals surface area contributed by atoms with E-state index < -0.39 is 59.1 Å². The van der Waals surface area contributed by atoms with Gasteiger partial charge in [-0.1, -0.05) is 75.2 Å². The van der Waals surface area contributed by atoms with Crippen LogP contribution in [0.4, 0.5) is 4.79 Å². The molecule has 11 nitrogen and oxygen atoms in total. The Balaban J connectivity index is 2.32. The Morgan fingerprint density at radius 2 is 1.46 bits per heavy atom. The molecule has 1 aliphatic heterocycles. The standard InChI is InChI=1S/C30H51N5O6/c1-15(2)19-12-13-35(22(19)27(39)32-20(14-18-10-11-18)24(37)26(31)38)28(40)25(30(7,8)9)34-29(41)33-21(16(3)4)23(36)17(5)6/h15-22,25H,10-14H2,1-9H3,(H2,31,38)(H,32,39)(H2,33,34,41)/t19-,20?,21+,22+,25-/m1/s1. The highest BCUT2D eigenvalue weighted by molar-refractivity contribution is 6.37. The summed E-state index contributed by atoms with van der Waals surface area (Å²) in [7, 11) is 0. The Morgan fingerprint density at radius 1 is 0.878 bits per heavy atom. The lowest BCUT2D eigenvalue weighted by Crippen LogP contribution is -2.62. The molecule has 5 amide bonds. The number of carbonyl (C=O) groups excluding carboxylic acids is 6. The van der Waals surface area contributed by atoms with Gasteiger partial charge >= 0.3 is 6.03 Å². The predicted octanol–water partition coefficient (Wildman–Crippen LogP) is 2.16. The number of amides is 5. The first-order valence-electron chi connectivity index (χ1n) is 14.9. The second-order valence-electron chi connectivity index (χ2n) is 13.8. The first kappa shape index (κ1) is 34.2. The van der Waals surface area contributed by atoms with E-state index in [1.54, 1.807) is 13.8 Å². The van der Waals surface area contributed by atoms with E-state index in [-0.39, 0.29) is 35.4 Å². The van der Waals surface area contributed by atoms with Gasteiger partial charge in [-0.2, -0.15) is 0 Å². The lowest BCUT2D eigenvalue weighted by Gasteiger charge is -2.37. The van der Waals surface area contributed by atoms with Crippen LogP contribution in [-0.4, -0.2) is 70.9 Å². The normalized spacial score (nSPS) is 21.4. The maximum Gasteiger partial charge on any atom is 0.316 e. The van der Waals surface area contributed by atoms with Gasteiger partial charge in [-0.05, 0) is 41.9 Å². The number of primary amides is 1. The van der Waals surface area contributed by atoms with E-state index in [2.05, 4.69) is 16.0 Å². The number of likely N-dealkylation sites (tertiary alicyclic amines) is 1. The minimum atomic E-state index is -1.10. The molecule has 0 aromatic rings. The summed E-state index contributed by atoms with van der Waals surface area (Å²) in [6.07, 6.45) is 2.74. The van der Waals surface area contributed by atoms with Gasteiger partial charge in [0.1, 0.15) is 12.1 Å². The third-order valence-corrected chi connectivity index (χ3v) is 8.21. The smallest absolute Gasteiger partial charge is 0.316 e. The van der Waals surface area contributed by atoms with E-state index in [0.29, 0.717) is 19.4 Å². The molecule has 5 atom stereocenters. The maximum absolute atomic E-state index is 14.1. The molecular formula is C30H51N5O6. The molecule has 11 heteroatoms. The maximum atomic E-state index is 14.1. The van der Waals surface area contributed by atoms with Gasteiger partial charge in [0.2, 0.25) is 17.6 Å². The summed E-state index contributed by atoms with van der Waals surface area (Å²) < 4.78 is 0. The summed E-state index contributed by atoms with van der Waals surface area (Å²) in [5.74, 6) is -3.29. The van der Waals surface area contributed by atoms with Crippen LogP contribution in [-0.2, 0) is 24.0 Å². The SMILES string of the molecule is CC(C)C(=O)[C@@H](NC(=O)N[C@H](C(=O)N1CC[C@H](C(C)C)[C@H]1C(=O)NC(CC1CC1)C(=O)C(N)=O)C(C)(C)C)C(C)C. The molecule has 1 heterocycles. The fraction of sp³-hybridized carbons (Fsp3) is 0.800. The van der Waals surface area contributed by atoms with Crippen molar-refractivity contribution >= 4 is 35.3 Å². The topological polar surface area (TPSA) is 168 Å². The average Bonchev–Trinajstić information content (AvgIpc) is 3.56. The van der Waals surface area contributed by atoms with Gasteiger partial charge in [-0.25, -0.2) is 4.79 Å². The molecule has 2 aliphatic rings. The highest BCUT2D eigenvalue weighted by Crippen LogP contribution is 2.35. The summed E-state index contributed by atoms with van der Waals surface area (Å²) in [6.45, 7) is 16.9. The summed E-state index contributed by atoms with van der Waals surface area (Å²) in [6, 6.07) is -4.27. The van der Waals surface area contributed by atoms with Gasteiger partial charge in [0.05, 0.1) is 12.1 Å². The van der Waals surface area contributed by atoms with Crippen molar-refractivity contribution in [2.75, 3.05) is 6.54 Å². The fourth-order valence-corrected chi connectivity index (χ4v) is 5.50. The molecule has 1 aliphatic carbocycles. The highest BCUT2D eigenvalue weighted by Gasteiger charge is 2.48. The number of rotatable bonds is 13. The van der Waals surface area contributed by atoms with Crippen molar-refractivity contribution in [3.8, 4) is 0 Å². The molecule has 0 aromatic carbocycles. The number of hydrogen-bond donors (Lipinski definition) is 4. The van der Waals surface area contributed by atoms with E-state index in [4.69, 9.17) is 5.73 Å². The molecule has 232 valence electrons. The number of carbonyl (C=O) groups is 6. The van der Waals surface area contributed by atoms with Crippen LogP contribution in [0, 0.1) is 35.0 Å². The van der Waals surface area contributed by atoms with Gasteiger partial charge in [-0.3, -0.25) is 24.0 Å². The van der Waals surface area contributed by atoms with Crippen LogP contribution in [0.2, 0.25) is 0 Å². The van der Waals surface area contributed by atoms with Crippen molar-refractivity contribution < 1.29 is 28.8 Å². The van der Waals surface area contributed by atoms with Crippen LogP contribution in [0.3, 0.4) is 0 Å². The number of nitrogens with two attached hydrogens (primary N) is 1. The first-order valence-corrected chi connectivity index (χ1v) is 14.9. The van der Waals surface area contributed by atoms with Gasteiger partial charge in [0.15, 0.2) is 5.78 Å². The van der Waals surface area contributed by atoms with E-state index in [1.165, 1.54) is 4.90 Å². The lowest BCUT2D eigenvalue weighted by atomic mass is 9.84. The van der Waals surface area contributed by atoms with Gasteiger partial charge in [0.25, 0.3) is 5.91 Å². The van der Waals surface area contributed by atoms with Crippen LogP contribution in [0.25, 0.3) is 0 Å². The number of nitrogens with zero attached hydrogens (tertiary/aromatic N) is 1. The van der Waals surface area contributed by atoms with E-state index in [9.17, 15) is 28.8 Å². The second-order valence-corrected chi connectivity index (χ2v) is 13.8. The molecule has 1 saturated carbocycles. The Morgan fingerprint density at radius 3 is 1.90 bits per heavy atom. The Bertz CT molecular complexity index is 1010. The van der Waals surface area contributed by atoms with Crippen LogP contribution in [0.1, 0.15) is 88.0 Å². The predicted molar refractivity (Wildman–Crippen MR) is 155 cm³/mol. The fourth-order valence-electron chi connectivity index (χ4n) is 5.50. The summed E-state index contributed by atoms with van der Waals surface area (Å²) in [4.78, 5) is 79.3. The molecule has 41 heavy (non-hydrogen) atoms. The Hall–Kier alpha value is -2.98. The van der Waals surface area contributed by atoms with Crippen molar-refractivity contribution in [1.29, 1.82) is 0 Å². The number of Topliss-reactive ketones (excluding diaryl/α,β-unsaturated/α-hetero) is 2. The van der Waals surface area contributed by atoms with Crippen molar-refractivity contribution in [3.05, 3.63) is 0 Å². The molecule has 1 saturated heterocycles. The minimum absolute atomic E-state index is 0.0514. The van der Waals surface area contributed by atoms with Gasteiger partial charge < -0.3 is 26.6 Å². The molecule has 1 unspecified atom stereocenters. The largest absolute Gasteiger partial charge is 0.363 e. The monoisotopic (exact) mass is 577 g/mol. The summed E-state index contributed by atoms with van der Waals surface area (Å²) >= 11 is 0. The zero-order valence-electron chi connectivity index (χ0n) is 26.2. The third kappa shape index (κ3) is 9.00. The van der Waals surface area contributed by atoms with Crippen LogP contribution >= 0.6 is 0 Å². The third-order valence-electron chi connectivity index (χ3n) is 8.21. The van der Waals surface area contributed by atoms with Gasteiger partial charge in [0, 0.05) is 12.5 Å². The lowest BCUT2D eigenvalue weighted by molar-refractivity contribution is -0.144. The van der Waals surface area contributed by atoms with Crippen LogP contribution < -0.4 is 21.7 Å². The van der Waals surface area contributed by atoms with Crippen molar-refractivity contribution in [2.24, 2.45) is 40.7 Å². The Labute approximate surface area is 244 Å². The molecule has 5 N–H and O–H groups in total. The van der Waals surface area contributed by atoms with Crippen LogP contribution in [0.15, 0.2) is 0 Å². The van der Waals surface area contributed by atoms with Crippen LogP contribution in [0.5, 0.6) is 0 Å². The molecule has 0 bridgehead atoms. The molecule has 0 radical (unpaired) electrons. The molecular weight excluding hydrogens is 526 g/mol. The average molecular weight is 578 g/mol. The minimum Gasteiger partial charge on any atom is -0.363 e. The second kappa shape index (κ2) is 13.8. The number of urea groups is 1. The van der Waals surface area contributed by atoms with E-state index in [1.807, 2.05) is 48.5 Å². The Kier molecular flexibility index (Phi) is 11.5.